The molecule has 1 aliphatic heterocycles. The highest BCUT2D eigenvalue weighted by molar-refractivity contribution is 5.99. The molecule has 1 fully saturated rings. The molecule has 1 aromatic rings. The minimum absolute atomic E-state index is 0.0289. The van der Waals surface area contributed by atoms with Crippen molar-refractivity contribution in [2.24, 2.45) is 5.92 Å². The van der Waals surface area contributed by atoms with Gasteiger partial charge in [0.15, 0.2) is 0 Å². The van der Waals surface area contributed by atoms with Crippen LogP contribution >= 0.6 is 0 Å². The molecule has 5 nitrogen and oxygen atoms in total. The summed E-state index contributed by atoms with van der Waals surface area (Å²) in [6, 6.07) is 7.79. The Morgan fingerprint density at radius 2 is 2.20 bits per heavy atom. The Balaban J connectivity index is 2.02. The van der Waals surface area contributed by atoms with Gasteiger partial charge in [0, 0.05) is 26.1 Å². The number of hydrogen-bond acceptors (Lipinski definition) is 5. The van der Waals surface area contributed by atoms with Crippen LogP contribution in [0.3, 0.4) is 0 Å². The zero-order valence-corrected chi connectivity index (χ0v) is 11.8. The van der Waals surface area contributed by atoms with Crippen molar-refractivity contribution in [1.82, 2.24) is 4.90 Å². The normalized spacial score (nSPS) is 19.7. The van der Waals surface area contributed by atoms with E-state index in [0.717, 1.165) is 11.3 Å². The third-order valence-corrected chi connectivity index (χ3v) is 3.53. The predicted molar refractivity (Wildman–Crippen MR) is 73.4 cm³/mol. The number of ether oxygens (including phenoxy) is 2. The molecule has 1 aromatic carbocycles. The number of rotatable bonds is 4. The summed E-state index contributed by atoms with van der Waals surface area (Å²) in [5.41, 5.74) is 1.10. The molecule has 1 saturated heterocycles. The molecule has 0 bridgehead atoms. The fraction of sp³-hybridized carbons (Fsp3) is 0.467. The van der Waals surface area contributed by atoms with E-state index in [1.807, 2.05) is 24.3 Å². The highest BCUT2D eigenvalue weighted by Gasteiger charge is 2.33. The van der Waals surface area contributed by atoms with E-state index in [0.29, 0.717) is 26.1 Å². The van der Waals surface area contributed by atoms with Gasteiger partial charge >= 0.3 is 5.97 Å². The molecule has 0 N–H and O–H groups in total. The summed E-state index contributed by atoms with van der Waals surface area (Å²) in [6.45, 7) is 1.78. The van der Waals surface area contributed by atoms with Gasteiger partial charge in [0.2, 0.25) is 0 Å². The maximum Gasteiger partial charge on any atom is 0.317 e. The molecule has 0 aliphatic carbocycles. The SMILES string of the molecule is COC(=O)C1CN(Cc2cccc(OC)c2)CCC1=O. The van der Waals surface area contributed by atoms with Crippen LogP contribution in [0.5, 0.6) is 5.75 Å². The van der Waals surface area contributed by atoms with Crippen LogP contribution < -0.4 is 4.74 Å². The summed E-state index contributed by atoms with van der Waals surface area (Å²) in [5.74, 6) is -0.316. The number of esters is 1. The molecule has 1 aliphatic rings. The second kappa shape index (κ2) is 6.52. The van der Waals surface area contributed by atoms with Gasteiger partial charge in [0.05, 0.1) is 14.2 Å². The minimum Gasteiger partial charge on any atom is -0.497 e. The fourth-order valence-electron chi connectivity index (χ4n) is 2.41. The number of carbonyl (C=O) groups is 2. The molecule has 20 heavy (non-hydrogen) atoms. The standard InChI is InChI=1S/C15H19NO4/c1-19-12-5-3-4-11(8-12)9-16-7-6-14(17)13(10-16)15(18)20-2/h3-5,8,13H,6-7,9-10H2,1-2H3. The van der Waals surface area contributed by atoms with Crippen LogP contribution in [-0.4, -0.2) is 44.0 Å². The number of piperidine rings is 1. The van der Waals surface area contributed by atoms with E-state index in [-0.39, 0.29) is 5.78 Å². The van der Waals surface area contributed by atoms with Crippen molar-refractivity contribution in [1.29, 1.82) is 0 Å². The summed E-state index contributed by atoms with van der Waals surface area (Å²) >= 11 is 0. The van der Waals surface area contributed by atoms with E-state index in [1.54, 1.807) is 7.11 Å². The molecule has 108 valence electrons. The van der Waals surface area contributed by atoms with E-state index >= 15 is 0 Å². The van der Waals surface area contributed by atoms with Crippen LogP contribution in [0.25, 0.3) is 0 Å². The van der Waals surface area contributed by atoms with Crippen molar-refractivity contribution in [3.8, 4) is 5.75 Å². The third kappa shape index (κ3) is 3.36. The van der Waals surface area contributed by atoms with Gasteiger partial charge in [-0.15, -0.1) is 0 Å². The Hall–Kier alpha value is -1.88. The fourth-order valence-corrected chi connectivity index (χ4v) is 2.41. The molecule has 5 heteroatoms. The lowest BCUT2D eigenvalue weighted by molar-refractivity contribution is -0.152. The van der Waals surface area contributed by atoms with Crippen molar-refractivity contribution in [3.05, 3.63) is 29.8 Å². The minimum atomic E-state index is -0.653. The number of hydrogen-bond donors (Lipinski definition) is 0. The van der Waals surface area contributed by atoms with Gasteiger partial charge in [-0.3, -0.25) is 14.5 Å². The summed E-state index contributed by atoms with van der Waals surface area (Å²) in [6.07, 6.45) is 0.393. The average Bonchev–Trinajstić information content (AvgIpc) is 2.48. The Morgan fingerprint density at radius 3 is 2.90 bits per heavy atom. The van der Waals surface area contributed by atoms with Crippen molar-refractivity contribution < 1.29 is 19.1 Å². The smallest absolute Gasteiger partial charge is 0.317 e. The molecule has 0 saturated carbocycles. The van der Waals surface area contributed by atoms with E-state index in [4.69, 9.17) is 4.74 Å². The van der Waals surface area contributed by atoms with E-state index < -0.39 is 11.9 Å². The largest absolute Gasteiger partial charge is 0.497 e. The second-order valence-corrected chi connectivity index (χ2v) is 4.88. The lowest BCUT2D eigenvalue weighted by Crippen LogP contribution is -2.44. The number of benzene rings is 1. The maximum atomic E-state index is 11.7. The molecule has 2 rings (SSSR count). The van der Waals surface area contributed by atoms with Gasteiger partial charge in [-0.05, 0) is 17.7 Å². The van der Waals surface area contributed by atoms with E-state index in [1.165, 1.54) is 7.11 Å². The number of carbonyl (C=O) groups excluding carboxylic acids is 2. The first-order chi connectivity index (χ1) is 9.63. The summed E-state index contributed by atoms with van der Waals surface area (Å²) < 4.78 is 9.88. The topological polar surface area (TPSA) is 55.8 Å². The van der Waals surface area contributed by atoms with Crippen molar-refractivity contribution in [3.63, 3.8) is 0 Å². The number of nitrogens with zero attached hydrogens (tertiary/aromatic N) is 1. The summed E-state index contributed by atoms with van der Waals surface area (Å²) in [5, 5.41) is 0. The molecular weight excluding hydrogens is 258 g/mol. The predicted octanol–water partition coefficient (Wildman–Crippen LogP) is 1.26. The van der Waals surface area contributed by atoms with Gasteiger partial charge in [-0.25, -0.2) is 0 Å². The van der Waals surface area contributed by atoms with E-state index in [2.05, 4.69) is 9.64 Å². The van der Waals surface area contributed by atoms with E-state index in [9.17, 15) is 9.59 Å². The average molecular weight is 277 g/mol. The van der Waals surface area contributed by atoms with Crippen molar-refractivity contribution in [2.75, 3.05) is 27.3 Å². The lowest BCUT2D eigenvalue weighted by Gasteiger charge is -2.30. The molecule has 0 amide bonds. The number of likely N-dealkylation sites (tertiary alicyclic amines) is 1. The van der Waals surface area contributed by atoms with Crippen LogP contribution in [0.1, 0.15) is 12.0 Å². The number of ketones is 1. The highest BCUT2D eigenvalue weighted by atomic mass is 16.5. The first-order valence-electron chi connectivity index (χ1n) is 6.60. The molecule has 1 unspecified atom stereocenters. The van der Waals surface area contributed by atoms with Gasteiger partial charge in [0.25, 0.3) is 0 Å². The molecule has 1 heterocycles. The Kier molecular flexibility index (Phi) is 4.74. The van der Waals surface area contributed by atoms with Gasteiger partial charge < -0.3 is 9.47 Å². The molecular formula is C15H19NO4. The summed E-state index contributed by atoms with van der Waals surface area (Å²) in [7, 11) is 2.95. The van der Waals surface area contributed by atoms with Crippen LogP contribution in [0, 0.1) is 5.92 Å². The highest BCUT2D eigenvalue weighted by Crippen LogP contribution is 2.19. The zero-order chi connectivity index (χ0) is 14.5. The van der Waals surface area contributed by atoms with Crippen LogP contribution in [0.2, 0.25) is 0 Å². The van der Waals surface area contributed by atoms with Crippen LogP contribution in [0.4, 0.5) is 0 Å². The van der Waals surface area contributed by atoms with Gasteiger partial charge in [-0.2, -0.15) is 0 Å². The second-order valence-electron chi connectivity index (χ2n) is 4.88. The maximum absolute atomic E-state index is 11.7. The third-order valence-electron chi connectivity index (χ3n) is 3.53. The van der Waals surface area contributed by atoms with Gasteiger partial charge in [0.1, 0.15) is 17.5 Å². The Morgan fingerprint density at radius 1 is 1.40 bits per heavy atom. The monoisotopic (exact) mass is 277 g/mol. The Bertz CT molecular complexity index is 492. The Labute approximate surface area is 118 Å². The molecule has 0 radical (unpaired) electrons. The van der Waals surface area contributed by atoms with Crippen LogP contribution in [-0.2, 0) is 20.9 Å². The lowest BCUT2D eigenvalue weighted by atomic mass is 9.96. The van der Waals surface area contributed by atoms with Gasteiger partial charge in [-0.1, -0.05) is 12.1 Å². The molecule has 0 aromatic heterocycles. The first-order valence-corrected chi connectivity index (χ1v) is 6.60. The molecule has 1 atom stereocenters. The molecule has 0 spiro atoms. The van der Waals surface area contributed by atoms with Crippen LogP contribution in [0.15, 0.2) is 24.3 Å². The summed E-state index contributed by atoms with van der Waals surface area (Å²) in [4.78, 5) is 25.4. The number of methoxy groups -OCH3 is 2. The number of Topliss-reactive ketones (excluding diaryl/α,β-unsaturated/α-hetero) is 1. The zero-order valence-electron chi connectivity index (χ0n) is 11.8. The quantitative estimate of drug-likeness (QED) is 0.612. The van der Waals surface area contributed by atoms with Crippen molar-refractivity contribution in [2.45, 2.75) is 13.0 Å². The van der Waals surface area contributed by atoms with Crippen molar-refractivity contribution >= 4 is 11.8 Å². The first kappa shape index (κ1) is 14.5.